The van der Waals surface area contributed by atoms with Crippen molar-refractivity contribution in [2.45, 2.75) is 19.0 Å². The van der Waals surface area contributed by atoms with Crippen LogP contribution < -0.4 is 16.0 Å². The molecule has 0 saturated carbocycles. The predicted molar refractivity (Wildman–Crippen MR) is 143 cm³/mol. The van der Waals surface area contributed by atoms with Crippen LogP contribution in [-0.2, 0) is 14.3 Å². The van der Waals surface area contributed by atoms with Gasteiger partial charge in [0.1, 0.15) is 17.9 Å². The maximum Gasteiger partial charge on any atom is 0.408 e. The van der Waals surface area contributed by atoms with E-state index in [1.165, 1.54) is 24.3 Å². The highest BCUT2D eigenvalue weighted by Crippen LogP contribution is 2.27. The van der Waals surface area contributed by atoms with Crippen LogP contribution in [0.2, 0.25) is 15.1 Å². The molecule has 3 aromatic carbocycles. The highest BCUT2D eigenvalue weighted by atomic mass is 35.5. The third kappa shape index (κ3) is 7.69. The largest absolute Gasteiger partial charge is 0.450 e. The molecule has 0 aliphatic carbocycles. The Morgan fingerprint density at radius 2 is 1.49 bits per heavy atom. The summed E-state index contributed by atoms with van der Waals surface area (Å²) in [5.74, 6) is -1.58. The Balaban J connectivity index is 1.93. The number of amidine groups is 1. The van der Waals surface area contributed by atoms with E-state index in [0.29, 0.717) is 21.7 Å². The summed E-state index contributed by atoms with van der Waals surface area (Å²) in [6, 6.07) is 16.8. The lowest BCUT2D eigenvalue weighted by molar-refractivity contribution is -0.129. The minimum atomic E-state index is -1.28. The van der Waals surface area contributed by atoms with E-state index < -0.39 is 30.0 Å². The van der Waals surface area contributed by atoms with Gasteiger partial charge in [-0.25, -0.2) is 4.79 Å². The van der Waals surface area contributed by atoms with Gasteiger partial charge in [-0.05, 0) is 42.3 Å². The molecular formula is C26H23Cl3N4O4. The third-order valence-electron chi connectivity index (χ3n) is 5.12. The van der Waals surface area contributed by atoms with Crippen molar-refractivity contribution in [3.63, 3.8) is 0 Å². The van der Waals surface area contributed by atoms with Crippen LogP contribution >= 0.6 is 34.8 Å². The Morgan fingerprint density at radius 3 is 2.14 bits per heavy atom. The van der Waals surface area contributed by atoms with Crippen LogP contribution in [0.25, 0.3) is 0 Å². The molecule has 0 spiro atoms. The summed E-state index contributed by atoms with van der Waals surface area (Å²) in [5.41, 5.74) is 1.15. The Labute approximate surface area is 228 Å². The topological polar surface area (TPSA) is 120 Å². The van der Waals surface area contributed by atoms with Crippen molar-refractivity contribution in [2.24, 2.45) is 0 Å². The second kappa shape index (κ2) is 13.1. The van der Waals surface area contributed by atoms with Gasteiger partial charge in [0.2, 0.25) is 5.91 Å². The van der Waals surface area contributed by atoms with Crippen molar-refractivity contribution in [3.05, 3.63) is 105 Å². The predicted octanol–water partition coefficient (Wildman–Crippen LogP) is 5.43. The smallest absolute Gasteiger partial charge is 0.408 e. The molecule has 4 N–H and O–H groups in total. The number of benzene rings is 3. The van der Waals surface area contributed by atoms with Crippen molar-refractivity contribution in [1.82, 2.24) is 16.0 Å². The van der Waals surface area contributed by atoms with Crippen LogP contribution in [0.1, 0.15) is 35.7 Å². The second-order valence-corrected chi connectivity index (χ2v) is 8.95. The average molecular weight is 562 g/mol. The van der Waals surface area contributed by atoms with E-state index in [0.717, 1.165) is 0 Å². The van der Waals surface area contributed by atoms with Crippen molar-refractivity contribution >= 4 is 58.5 Å². The molecule has 192 valence electrons. The first kappa shape index (κ1) is 28.0. The summed E-state index contributed by atoms with van der Waals surface area (Å²) in [5, 5.41) is 16.7. The van der Waals surface area contributed by atoms with Gasteiger partial charge in [-0.15, -0.1) is 0 Å². The van der Waals surface area contributed by atoms with E-state index in [2.05, 4.69) is 16.0 Å². The first-order chi connectivity index (χ1) is 17.7. The molecule has 0 aliphatic heterocycles. The van der Waals surface area contributed by atoms with E-state index >= 15 is 0 Å². The number of rotatable bonds is 8. The lowest BCUT2D eigenvalue weighted by atomic mass is 10.0. The number of carbonyl (C=O) groups excluding carboxylic acids is 3. The zero-order valence-corrected chi connectivity index (χ0v) is 21.8. The molecule has 0 radical (unpaired) electrons. The number of nitrogens with one attached hydrogen (secondary N) is 4. The molecular weight excluding hydrogens is 539 g/mol. The standard InChI is InChI=1S/C26H23Cl3N4O4/c1-2-37-26(36)32-22(17-11-12-19(28)20(29)14-17)24(34)31-21(16-9-6-10-18(27)13-16)25(35)33-23(30)15-7-4-3-5-8-15/h3-14,21-22H,2H2,1H3,(H,31,34)(H,32,36)(H2,30,33,35). The van der Waals surface area contributed by atoms with Crippen molar-refractivity contribution in [2.75, 3.05) is 6.61 Å². The molecule has 0 bridgehead atoms. The number of hydrogen-bond acceptors (Lipinski definition) is 5. The summed E-state index contributed by atoms with van der Waals surface area (Å²) < 4.78 is 4.94. The van der Waals surface area contributed by atoms with Gasteiger partial charge in [0, 0.05) is 10.6 Å². The Bertz CT molecular complexity index is 1300. The molecule has 2 atom stereocenters. The summed E-state index contributed by atoms with van der Waals surface area (Å²) >= 11 is 18.3. The van der Waals surface area contributed by atoms with E-state index in [1.807, 2.05) is 0 Å². The van der Waals surface area contributed by atoms with Gasteiger partial charge in [0.25, 0.3) is 5.91 Å². The molecule has 37 heavy (non-hydrogen) atoms. The fraction of sp³-hybridized carbons (Fsp3) is 0.154. The van der Waals surface area contributed by atoms with Crippen LogP contribution in [0.4, 0.5) is 4.79 Å². The van der Waals surface area contributed by atoms with E-state index in [-0.39, 0.29) is 22.5 Å². The van der Waals surface area contributed by atoms with E-state index in [4.69, 9.17) is 44.9 Å². The van der Waals surface area contributed by atoms with Crippen LogP contribution in [-0.4, -0.2) is 30.4 Å². The van der Waals surface area contributed by atoms with Gasteiger partial charge >= 0.3 is 6.09 Å². The minimum absolute atomic E-state index is 0.0800. The normalized spacial score (nSPS) is 12.1. The zero-order chi connectivity index (χ0) is 26.9. The molecule has 2 unspecified atom stereocenters. The van der Waals surface area contributed by atoms with Gasteiger partial charge in [0.15, 0.2) is 0 Å². The van der Waals surface area contributed by atoms with Crippen molar-refractivity contribution in [1.29, 1.82) is 5.41 Å². The monoisotopic (exact) mass is 560 g/mol. The van der Waals surface area contributed by atoms with Gasteiger partial charge in [-0.2, -0.15) is 0 Å². The summed E-state index contributed by atoms with van der Waals surface area (Å²) in [6.45, 7) is 1.70. The highest BCUT2D eigenvalue weighted by molar-refractivity contribution is 6.42. The molecule has 0 fully saturated rings. The Hall–Kier alpha value is -3.59. The van der Waals surface area contributed by atoms with E-state index in [1.54, 1.807) is 55.5 Å². The van der Waals surface area contributed by atoms with Crippen molar-refractivity contribution in [3.8, 4) is 0 Å². The molecule has 3 aromatic rings. The lowest BCUT2D eigenvalue weighted by Gasteiger charge is -2.24. The number of hydrogen-bond donors (Lipinski definition) is 4. The molecule has 3 rings (SSSR count). The van der Waals surface area contributed by atoms with Gasteiger partial charge < -0.3 is 20.7 Å². The average Bonchev–Trinajstić information content (AvgIpc) is 2.88. The zero-order valence-electron chi connectivity index (χ0n) is 19.6. The Kier molecular flexibility index (Phi) is 9.91. The highest BCUT2D eigenvalue weighted by Gasteiger charge is 2.30. The third-order valence-corrected chi connectivity index (χ3v) is 6.09. The number of ether oxygens (including phenoxy) is 1. The molecule has 0 saturated heterocycles. The van der Waals surface area contributed by atoms with Gasteiger partial charge in [0.05, 0.1) is 16.7 Å². The van der Waals surface area contributed by atoms with Gasteiger partial charge in [-0.3, -0.25) is 15.0 Å². The van der Waals surface area contributed by atoms with Crippen LogP contribution in [0.3, 0.4) is 0 Å². The second-order valence-electron chi connectivity index (χ2n) is 7.70. The quantitative estimate of drug-likeness (QED) is 0.216. The SMILES string of the molecule is CCOC(=O)NC(C(=O)NC(C(=O)NC(=N)c1ccccc1)c1cccc(Cl)c1)c1ccc(Cl)c(Cl)c1. The van der Waals surface area contributed by atoms with Crippen LogP contribution in [0.5, 0.6) is 0 Å². The lowest BCUT2D eigenvalue weighted by Crippen LogP contribution is -2.47. The van der Waals surface area contributed by atoms with Crippen LogP contribution in [0, 0.1) is 5.41 Å². The maximum absolute atomic E-state index is 13.5. The molecule has 8 nitrogen and oxygen atoms in total. The molecule has 0 aromatic heterocycles. The summed E-state index contributed by atoms with van der Waals surface area (Å²) in [4.78, 5) is 39.0. The van der Waals surface area contributed by atoms with Crippen LogP contribution in [0.15, 0.2) is 72.8 Å². The fourth-order valence-corrected chi connectivity index (χ4v) is 3.87. The van der Waals surface area contributed by atoms with Gasteiger partial charge in [-0.1, -0.05) is 83.3 Å². The van der Waals surface area contributed by atoms with Crippen molar-refractivity contribution < 1.29 is 19.1 Å². The summed E-state index contributed by atoms with van der Waals surface area (Å²) in [7, 11) is 0. The molecule has 0 aliphatic rings. The first-order valence-electron chi connectivity index (χ1n) is 11.1. The number of amides is 3. The maximum atomic E-state index is 13.5. The number of halogens is 3. The number of carbonyl (C=O) groups is 3. The summed E-state index contributed by atoms with van der Waals surface area (Å²) in [6.07, 6.45) is -0.844. The molecule has 11 heteroatoms. The number of alkyl carbamates (subject to hydrolysis) is 1. The first-order valence-corrected chi connectivity index (χ1v) is 12.2. The van der Waals surface area contributed by atoms with E-state index in [9.17, 15) is 14.4 Å². The minimum Gasteiger partial charge on any atom is -0.450 e. The molecule has 0 heterocycles. The Morgan fingerprint density at radius 1 is 0.811 bits per heavy atom. The molecule has 3 amide bonds. The fourth-order valence-electron chi connectivity index (χ4n) is 3.37.